The van der Waals surface area contributed by atoms with E-state index in [1.807, 2.05) is 30.6 Å². The lowest BCUT2D eigenvalue weighted by atomic mass is 9.76. The van der Waals surface area contributed by atoms with E-state index in [2.05, 4.69) is 31.4 Å². The zero-order chi connectivity index (χ0) is 22.2. The summed E-state index contributed by atoms with van der Waals surface area (Å²) in [5.41, 5.74) is 13.5. The molecule has 1 aliphatic carbocycles. The molecular formula is C25H22ClN7. The van der Waals surface area contributed by atoms with E-state index in [9.17, 15) is 0 Å². The largest absolute Gasteiger partial charge is 0.382 e. The summed E-state index contributed by atoms with van der Waals surface area (Å²) < 4.78 is 2.12. The molecule has 1 spiro atoms. The van der Waals surface area contributed by atoms with E-state index in [-0.39, 0.29) is 0 Å². The van der Waals surface area contributed by atoms with E-state index in [0.717, 1.165) is 72.5 Å². The maximum atomic E-state index is 6.47. The van der Waals surface area contributed by atoms with Gasteiger partial charge in [0.2, 0.25) is 0 Å². The van der Waals surface area contributed by atoms with Gasteiger partial charge in [-0.1, -0.05) is 17.7 Å². The lowest BCUT2D eigenvalue weighted by molar-refractivity contribution is 0.231. The molecule has 2 N–H and O–H groups in total. The summed E-state index contributed by atoms with van der Waals surface area (Å²) in [6, 6.07) is 10.2. The highest BCUT2D eigenvalue weighted by atomic mass is 35.5. The number of anilines is 2. The third kappa shape index (κ3) is 2.75. The van der Waals surface area contributed by atoms with E-state index in [4.69, 9.17) is 27.3 Å². The second-order valence-corrected chi connectivity index (χ2v) is 9.73. The fourth-order valence-corrected chi connectivity index (χ4v) is 5.98. The molecule has 5 aromatic rings. The summed E-state index contributed by atoms with van der Waals surface area (Å²) in [6.07, 6.45) is 10.1. The SMILES string of the molecule is Nc1nccc(-c2ccc3nc(N4CCC5(CC4)Cc4cccnc4C5)c4cnc2n34)c1Cl. The van der Waals surface area contributed by atoms with Gasteiger partial charge >= 0.3 is 0 Å². The Bertz CT molecular complexity index is 1490. The Kier molecular flexibility index (Phi) is 3.91. The number of rotatable bonds is 2. The van der Waals surface area contributed by atoms with Crippen molar-refractivity contribution in [2.45, 2.75) is 25.7 Å². The van der Waals surface area contributed by atoms with Gasteiger partial charge in [0.25, 0.3) is 0 Å². The molecule has 1 aliphatic heterocycles. The number of imidazole rings is 2. The van der Waals surface area contributed by atoms with Crippen LogP contribution in [0.5, 0.6) is 0 Å². The third-order valence-corrected chi connectivity index (χ3v) is 7.90. The van der Waals surface area contributed by atoms with Crippen LogP contribution in [-0.2, 0) is 12.8 Å². The molecule has 164 valence electrons. The number of hydrogen-bond donors (Lipinski definition) is 1. The second-order valence-electron chi connectivity index (χ2n) is 9.35. The minimum atomic E-state index is 0.321. The van der Waals surface area contributed by atoms with Crippen LogP contribution in [0.1, 0.15) is 24.1 Å². The molecule has 7 nitrogen and oxygen atoms in total. The molecule has 0 radical (unpaired) electrons. The van der Waals surface area contributed by atoms with Crippen molar-refractivity contribution in [3.63, 3.8) is 0 Å². The van der Waals surface area contributed by atoms with Gasteiger partial charge < -0.3 is 10.6 Å². The van der Waals surface area contributed by atoms with Crippen LogP contribution in [0.2, 0.25) is 5.02 Å². The van der Waals surface area contributed by atoms with Gasteiger partial charge in [-0.25, -0.2) is 15.0 Å². The van der Waals surface area contributed by atoms with Crippen LogP contribution in [0, 0.1) is 5.41 Å². The normalized spacial score (nSPS) is 17.4. The average molecular weight is 456 g/mol. The Morgan fingerprint density at radius 1 is 0.939 bits per heavy atom. The maximum absolute atomic E-state index is 6.47. The lowest BCUT2D eigenvalue weighted by Crippen LogP contribution is -2.41. The summed E-state index contributed by atoms with van der Waals surface area (Å²) in [4.78, 5) is 20.9. The average Bonchev–Trinajstić information content (AvgIpc) is 3.52. The van der Waals surface area contributed by atoms with Crippen molar-refractivity contribution in [3.05, 3.63) is 65.2 Å². The summed E-state index contributed by atoms with van der Waals surface area (Å²) in [6.45, 7) is 1.99. The highest BCUT2D eigenvalue weighted by Gasteiger charge is 2.41. The van der Waals surface area contributed by atoms with Crippen molar-refractivity contribution in [3.8, 4) is 11.1 Å². The number of fused-ring (bicyclic) bond motifs is 1. The van der Waals surface area contributed by atoms with E-state index in [0.29, 0.717) is 16.3 Å². The number of aromatic nitrogens is 5. The van der Waals surface area contributed by atoms with E-state index in [1.165, 1.54) is 11.3 Å². The predicted octanol–water partition coefficient (Wildman–Crippen LogP) is 4.40. The Hall–Kier alpha value is -3.45. The van der Waals surface area contributed by atoms with E-state index >= 15 is 0 Å². The predicted molar refractivity (Wildman–Crippen MR) is 130 cm³/mol. The minimum absolute atomic E-state index is 0.321. The van der Waals surface area contributed by atoms with Gasteiger partial charge in [-0.15, -0.1) is 0 Å². The molecule has 6 heterocycles. The number of hydrogen-bond acceptors (Lipinski definition) is 6. The van der Waals surface area contributed by atoms with Crippen molar-refractivity contribution in [2.75, 3.05) is 23.7 Å². The molecule has 1 saturated heterocycles. The quantitative estimate of drug-likeness (QED) is 0.424. The van der Waals surface area contributed by atoms with Crippen LogP contribution >= 0.6 is 11.6 Å². The topological polar surface area (TPSA) is 85.2 Å². The molecule has 8 heteroatoms. The summed E-state index contributed by atoms with van der Waals surface area (Å²) in [5.74, 6) is 1.33. The molecule has 7 rings (SSSR count). The molecule has 0 bridgehead atoms. The first-order valence-electron chi connectivity index (χ1n) is 11.3. The van der Waals surface area contributed by atoms with Crippen LogP contribution in [0.15, 0.2) is 48.9 Å². The Labute approximate surface area is 195 Å². The molecule has 2 aliphatic rings. The van der Waals surface area contributed by atoms with Gasteiger partial charge in [-0.2, -0.15) is 0 Å². The van der Waals surface area contributed by atoms with Crippen molar-refractivity contribution >= 4 is 40.0 Å². The van der Waals surface area contributed by atoms with Gasteiger partial charge in [0.15, 0.2) is 5.82 Å². The third-order valence-electron chi connectivity index (χ3n) is 7.50. The van der Waals surface area contributed by atoms with Crippen LogP contribution in [0.3, 0.4) is 0 Å². The van der Waals surface area contributed by atoms with Crippen LogP contribution < -0.4 is 10.6 Å². The number of piperidine rings is 1. The summed E-state index contributed by atoms with van der Waals surface area (Å²) in [5, 5.41) is 0.450. The fourth-order valence-electron chi connectivity index (χ4n) is 5.76. The molecule has 0 amide bonds. The first-order chi connectivity index (χ1) is 16.1. The van der Waals surface area contributed by atoms with E-state index < -0.39 is 0 Å². The molecule has 0 saturated carbocycles. The molecule has 1 fully saturated rings. The molecule has 0 aromatic carbocycles. The Balaban J connectivity index is 1.22. The zero-order valence-electron chi connectivity index (χ0n) is 18.0. The van der Waals surface area contributed by atoms with Crippen LogP contribution in [0.4, 0.5) is 11.6 Å². The van der Waals surface area contributed by atoms with Crippen LogP contribution in [-0.4, -0.2) is 37.4 Å². The van der Waals surface area contributed by atoms with Crippen molar-refractivity contribution in [1.29, 1.82) is 0 Å². The number of nitrogen functional groups attached to an aromatic ring is 1. The first kappa shape index (κ1) is 19.1. The lowest BCUT2D eigenvalue weighted by Gasteiger charge is -2.39. The monoisotopic (exact) mass is 455 g/mol. The fraction of sp³-hybridized carbons (Fsp3) is 0.280. The molecule has 0 atom stereocenters. The van der Waals surface area contributed by atoms with Gasteiger partial charge in [-0.05, 0) is 60.9 Å². The zero-order valence-corrected chi connectivity index (χ0v) is 18.8. The number of nitrogens with two attached hydrogens (primary N) is 1. The number of halogens is 1. The maximum Gasteiger partial charge on any atom is 0.157 e. The molecule has 5 aromatic heterocycles. The minimum Gasteiger partial charge on any atom is -0.382 e. The first-order valence-corrected chi connectivity index (χ1v) is 11.7. The van der Waals surface area contributed by atoms with Gasteiger partial charge in [0.1, 0.15) is 22.6 Å². The van der Waals surface area contributed by atoms with Gasteiger partial charge in [0, 0.05) is 42.3 Å². The van der Waals surface area contributed by atoms with E-state index in [1.54, 1.807) is 6.20 Å². The van der Waals surface area contributed by atoms with Gasteiger partial charge in [-0.3, -0.25) is 9.38 Å². The Morgan fingerprint density at radius 2 is 1.82 bits per heavy atom. The van der Waals surface area contributed by atoms with Crippen LogP contribution in [0.25, 0.3) is 27.9 Å². The smallest absolute Gasteiger partial charge is 0.157 e. The number of pyridine rings is 3. The molecule has 33 heavy (non-hydrogen) atoms. The van der Waals surface area contributed by atoms with Crippen molar-refractivity contribution in [2.24, 2.45) is 5.41 Å². The molecule has 0 unspecified atom stereocenters. The highest BCUT2D eigenvalue weighted by Crippen LogP contribution is 2.45. The summed E-state index contributed by atoms with van der Waals surface area (Å²) >= 11 is 6.47. The van der Waals surface area contributed by atoms with Crippen molar-refractivity contribution in [1.82, 2.24) is 24.3 Å². The highest BCUT2D eigenvalue weighted by molar-refractivity contribution is 6.35. The van der Waals surface area contributed by atoms with Gasteiger partial charge in [0.05, 0.1) is 11.2 Å². The van der Waals surface area contributed by atoms with Crippen molar-refractivity contribution < 1.29 is 0 Å². The summed E-state index contributed by atoms with van der Waals surface area (Å²) in [7, 11) is 0. The Morgan fingerprint density at radius 3 is 2.67 bits per heavy atom. The number of nitrogens with zero attached hydrogens (tertiary/aromatic N) is 6. The molecular weight excluding hydrogens is 434 g/mol. The standard InChI is InChI=1S/C25H22ClN7/c26-21-16(5-9-29-22(21)27)17-3-4-20-31-24(19-14-30-23(17)33(19)20)32-10-6-25(7-11-32)12-15-2-1-8-28-18(15)13-25/h1-5,8-9,14H,6-7,10-13H2,(H2,27,29). The second kappa shape index (κ2) is 6.78.